The van der Waals surface area contributed by atoms with Crippen molar-refractivity contribution in [3.63, 3.8) is 0 Å². The first-order valence-corrected chi connectivity index (χ1v) is 14.6. The van der Waals surface area contributed by atoms with Crippen LogP contribution in [-0.2, 0) is 4.79 Å². The maximum atomic E-state index is 10.9. The Balaban J connectivity index is 0.000000614. The maximum absolute atomic E-state index is 10.9. The van der Waals surface area contributed by atoms with E-state index >= 15 is 0 Å². The molecule has 0 heterocycles. The zero-order chi connectivity index (χ0) is 32.5. The van der Waals surface area contributed by atoms with E-state index in [1.165, 1.54) is 27.8 Å². The Morgan fingerprint density at radius 1 is 0.884 bits per heavy atom. The van der Waals surface area contributed by atoms with Crippen LogP contribution in [0.25, 0.3) is 11.1 Å². The van der Waals surface area contributed by atoms with Crippen LogP contribution in [0.5, 0.6) is 0 Å². The number of rotatable bonds is 12. The first-order valence-electron chi connectivity index (χ1n) is 14.6. The minimum absolute atomic E-state index is 0.152. The molecule has 3 aromatic carbocycles. The lowest BCUT2D eigenvalue weighted by atomic mass is 10.0. The van der Waals surface area contributed by atoms with Crippen molar-refractivity contribution in [1.29, 1.82) is 0 Å². The fourth-order valence-corrected chi connectivity index (χ4v) is 3.83. The summed E-state index contributed by atoms with van der Waals surface area (Å²) >= 11 is 0. The van der Waals surface area contributed by atoms with E-state index in [-0.39, 0.29) is 11.8 Å². The van der Waals surface area contributed by atoms with Crippen LogP contribution in [0, 0.1) is 13.8 Å². The Kier molecular flexibility index (Phi) is 22.0. The van der Waals surface area contributed by atoms with Crippen LogP contribution in [0.2, 0.25) is 0 Å². The molecule has 0 aliphatic heterocycles. The molecule has 0 spiro atoms. The lowest BCUT2D eigenvalue weighted by Gasteiger charge is -2.14. The summed E-state index contributed by atoms with van der Waals surface area (Å²) in [6, 6.07) is 25.1. The summed E-state index contributed by atoms with van der Waals surface area (Å²) in [5.41, 5.74) is 8.56. The first-order chi connectivity index (χ1) is 20.7. The van der Waals surface area contributed by atoms with Crippen LogP contribution in [0.3, 0.4) is 0 Å². The molecule has 1 unspecified atom stereocenters. The van der Waals surface area contributed by atoms with Gasteiger partial charge in [-0.3, -0.25) is 4.79 Å². The molecule has 0 fully saturated rings. The van der Waals surface area contributed by atoms with Crippen LogP contribution in [0.15, 0.2) is 135 Å². The summed E-state index contributed by atoms with van der Waals surface area (Å²) in [4.78, 5) is 10.9. The summed E-state index contributed by atoms with van der Waals surface area (Å²) in [7, 11) is 3.82. The molecule has 230 valence electrons. The highest BCUT2D eigenvalue weighted by molar-refractivity contribution is 5.76. The average Bonchev–Trinajstić information content (AvgIpc) is 3.03. The zero-order valence-corrected chi connectivity index (χ0v) is 27.3. The van der Waals surface area contributed by atoms with Gasteiger partial charge in [-0.25, -0.2) is 0 Å². The quantitative estimate of drug-likeness (QED) is 0.148. The molecule has 0 saturated carbocycles. The van der Waals surface area contributed by atoms with Crippen molar-refractivity contribution >= 4 is 11.5 Å². The van der Waals surface area contributed by atoms with E-state index in [1.807, 2.05) is 75.7 Å². The Morgan fingerprint density at radius 2 is 1.51 bits per heavy atom. The van der Waals surface area contributed by atoms with E-state index in [0.717, 1.165) is 24.2 Å². The van der Waals surface area contributed by atoms with Gasteiger partial charge in [0.05, 0.1) is 0 Å². The van der Waals surface area contributed by atoms with E-state index in [2.05, 4.69) is 98.6 Å². The molecule has 3 rings (SSSR count). The van der Waals surface area contributed by atoms with Gasteiger partial charge >= 0.3 is 0 Å². The molecule has 0 aromatic heterocycles. The number of allylic oxidation sites excluding steroid dienone is 4. The van der Waals surface area contributed by atoms with Crippen LogP contribution < -0.4 is 16.0 Å². The van der Waals surface area contributed by atoms with Gasteiger partial charge in [0, 0.05) is 18.2 Å². The second-order valence-corrected chi connectivity index (χ2v) is 9.78. The van der Waals surface area contributed by atoms with Gasteiger partial charge < -0.3 is 16.0 Å². The van der Waals surface area contributed by atoms with Gasteiger partial charge in [0.2, 0.25) is 0 Å². The third-order valence-electron chi connectivity index (χ3n) is 6.37. The van der Waals surface area contributed by atoms with Crippen molar-refractivity contribution < 1.29 is 4.79 Å². The topological polar surface area (TPSA) is 53.2 Å². The number of hydrogen-bond donors (Lipinski definition) is 3. The fourth-order valence-electron chi connectivity index (χ4n) is 3.83. The first kappa shape index (κ1) is 38.8. The Morgan fingerprint density at radius 3 is 2.02 bits per heavy atom. The van der Waals surface area contributed by atoms with Gasteiger partial charge in [-0.1, -0.05) is 104 Å². The normalized spacial score (nSPS) is 10.7. The minimum Gasteiger partial charge on any atom is -0.362 e. The third-order valence-corrected chi connectivity index (χ3v) is 6.37. The number of Topliss-reactive ketones (excluding diaryl/α,β-unsaturated/α-hetero) is 1. The number of hydrogen-bond acceptors (Lipinski definition) is 4. The Bertz CT molecular complexity index is 1260. The van der Waals surface area contributed by atoms with Crippen LogP contribution >= 0.6 is 0 Å². The van der Waals surface area contributed by atoms with E-state index in [0.29, 0.717) is 6.42 Å². The van der Waals surface area contributed by atoms with E-state index in [1.54, 1.807) is 13.1 Å². The summed E-state index contributed by atoms with van der Waals surface area (Å²) in [6.45, 7) is 22.4. The molecule has 0 aliphatic carbocycles. The smallest absolute Gasteiger partial charge is 0.131 e. The second-order valence-electron chi connectivity index (χ2n) is 9.78. The second kappa shape index (κ2) is 24.4. The summed E-state index contributed by atoms with van der Waals surface area (Å²) in [5, 5.41) is 9.28. The molecule has 0 aliphatic rings. The van der Waals surface area contributed by atoms with Gasteiger partial charge in [-0.05, 0) is 101 Å². The number of aryl methyl sites for hydroxylation is 2. The molecule has 0 bridgehead atoms. The number of anilines is 1. The number of nitrogens with one attached hydrogen (secondary N) is 3. The molecule has 3 N–H and O–H groups in total. The SMILES string of the molecule is C=C.C=C(/C=C\C=C/C)CCNC.C=CNc1ccc(-c2ccc(C)c(C)c2)cc1.CNC(CC(C)=O)c1ccccc1. The number of carbonyl (C=O) groups is 1. The average molecular weight is 580 g/mol. The molecule has 4 nitrogen and oxygen atoms in total. The number of benzene rings is 3. The summed E-state index contributed by atoms with van der Waals surface area (Å²) < 4.78 is 0. The van der Waals surface area contributed by atoms with Gasteiger partial charge in [0.25, 0.3) is 0 Å². The van der Waals surface area contributed by atoms with Crippen molar-refractivity contribution in [3.8, 4) is 11.1 Å². The standard InChI is InChI=1S/C16H17N.C11H15NO.C10H17N.C2H4/c1-4-17-16-9-7-14(8-10-16)15-6-5-12(2)13(3)11-15;1-9(13)8-11(12-2)10-6-4-3-5-7-10;1-4-5-6-7-10(2)8-9-11-3;1-2/h4-11,17H,1H2,2-3H3;3-7,11-12H,8H2,1-2H3;4-7,11H,2,8-9H2,1,3H3;1-2H2/b;;5-4-,7-6-;. The molecule has 1 atom stereocenters. The van der Waals surface area contributed by atoms with Crippen LogP contribution in [-0.4, -0.2) is 26.4 Å². The Labute approximate surface area is 262 Å². The predicted molar refractivity (Wildman–Crippen MR) is 192 cm³/mol. The highest BCUT2D eigenvalue weighted by atomic mass is 16.1. The molecule has 3 aromatic rings. The van der Waals surface area contributed by atoms with Crippen molar-refractivity contribution in [3.05, 3.63) is 152 Å². The van der Waals surface area contributed by atoms with E-state index in [9.17, 15) is 4.79 Å². The lowest BCUT2D eigenvalue weighted by Crippen LogP contribution is -2.18. The third kappa shape index (κ3) is 17.3. The minimum atomic E-state index is 0.152. The molecule has 0 amide bonds. The van der Waals surface area contributed by atoms with Crippen molar-refractivity contribution in [2.24, 2.45) is 0 Å². The van der Waals surface area contributed by atoms with Gasteiger partial charge in [-0.2, -0.15) is 0 Å². The highest BCUT2D eigenvalue weighted by Gasteiger charge is 2.10. The maximum Gasteiger partial charge on any atom is 0.131 e. The summed E-state index contributed by atoms with van der Waals surface area (Å²) in [5.74, 6) is 0.211. The Hall–Kier alpha value is -4.25. The van der Waals surface area contributed by atoms with Crippen molar-refractivity contribution in [2.75, 3.05) is 26.0 Å². The largest absolute Gasteiger partial charge is 0.362 e. The number of carbonyl (C=O) groups excluding carboxylic acids is 1. The fraction of sp³-hybridized carbons (Fsp3) is 0.256. The molecular formula is C39H53N3O. The number of ketones is 1. The zero-order valence-electron chi connectivity index (χ0n) is 27.3. The van der Waals surface area contributed by atoms with Crippen LogP contribution in [0.4, 0.5) is 5.69 Å². The molecule has 43 heavy (non-hydrogen) atoms. The van der Waals surface area contributed by atoms with Gasteiger partial charge in [0.15, 0.2) is 0 Å². The molecule has 4 heteroatoms. The summed E-state index contributed by atoms with van der Waals surface area (Å²) in [6.07, 6.45) is 11.3. The van der Waals surface area contributed by atoms with E-state index < -0.39 is 0 Å². The molecule has 0 saturated heterocycles. The van der Waals surface area contributed by atoms with Gasteiger partial charge in [-0.15, -0.1) is 13.2 Å². The molecular weight excluding hydrogens is 526 g/mol. The molecule has 0 radical (unpaired) electrons. The van der Waals surface area contributed by atoms with Crippen molar-refractivity contribution in [1.82, 2.24) is 10.6 Å². The highest BCUT2D eigenvalue weighted by Crippen LogP contribution is 2.23. The van der Waals surface area contributed by atoms with E-state index in [4.69, 9.17) is 0 Å². The van der Waals surface area contributed by atoms with Gasteiger partial charge in [0.1, 0.15) is 5.78 Å². The predicted octanol–water partition coefficient (Wildman–Crippen LogP) is 9.54. The monoisotopic (exact) mass is 579 g/mol. The van der Waals surface area contributed by atoms with Crippen LogP contribution in [0.1, 0.15) is 49.4 Å². The lowest BCUT2D eigenvalue weighted by molar-refractivity contribution is -0.117. The van der Waals surface area contributed by atoms with Crippen molar-refractivity contribution in [2.45, 2.75) is 46.6 Å².